The van der Waals surface area contributed by atoms with E-state index in [9.17, 15) is 0 Å². The first-order chi connectivity index (χ1) is 10.2. The van der Waals surface area contributed by atoms with Gasteiger partial charge in [-0.05, 0) is 43.4 Å². The van der Waals surface area contributed by atoms with E-state index in [2.05, 4.69) is 20.4 Å². The van der Waals surface area contributed by atoms with Crippen molar-refractivity contribution in [2.75, 3.05) is 5.32 Å². The minimum Gasteiger partial charge on any atom is -0.370 e. The lowest BCUT2D eigenvalue weighted by molar-refractivity contribution is 0.663. The highest BCUT2D eigenvalue weighted by molar-refractivity contribution is 14.0. The fourth-order valence-corrected chi connectivity index (χ4v) is 2.71. The average molecular weight is 412 g/mol. The van der Waals surface area contributed by atoms with Crippen LogP contribution in [0.5, 0.6) is 0 Å². The molecule has 2 aromatic rings. The molecule has 2 aromatic heterocycles. The second-order valence-corrected chi connectivity index (χ2v) is 5.24. The van der Waals surface area contributed by atoms with E-state index in [1.807, 2.05) is 29.9 Å². The summed E-state index contributed by atoms with van der Waals surface area (Å²) in [6, 6.07) is 5.62. The summed E-state index contributed by atoms with van der Waals surface area (Å²) in [7, 11) is 1.98. The molecule has 22 heavy (non-hydrogen) atoms. The Morgan fingerprint density at radius 1 is 1.36 bits per heavy atom. The molecule has 0 aliphatic heterocycles. The zero-order valence-electron chi connectivity index (χ0n) is 12.6. The summed E-state index contributed by atoms with van der Waals surface area (Å²) >= 11 is 0. The Morgan fingerprint density at radius 3 is 2.95 bits per heavy atom. The number of guanidine groups is 1. The topological polar surface area (TPSA) is 81.1 Å². The van der Waals surface area contributed by atoms with Crippen molar-refractivity contribution in [3.63, 3.8) is 0 Å². The van der Waals surface area contributed by atoms with E-state index < -0.39 is 0 Å². The molecule has 0 unspecified atom stereocenters. The summed E-state index contributed by atoms with van der Waals surface area (Å²) in [6.07, 6.45) is 6.36. The van der Waals surface area contributed by atoms with E-state index in [-0.39, 0.29) is 24.0 Å². The molecule has 2 heterocycles. The van der Waals surface area contributed by atoms with E-state index in [1.54, 1.807) is 6.20 Å². The second kappa shape index (κ2) is 7.57. The quantitative estimate of drug-likeness (QED) is 0.461. The number of rotatable bonds is 3. The third kappa shape index (κ3) is 3.76. The van der Waals surface area contributed by atoms with Gasteiger partial charge in [0.1, 0.15) is 5.82 Å². The fraction of sp³-hybridized carbons (Fsp3) is 0.400. The molecule has 0 atom stereocenters. The number of nitrogens with zero attached hydrogens (tertiary/aromatic N) is 4. The van der Waals surface area contributed by atoms with Gasteiger partial charge in [-0.3, -0.25) is 4.68 Å². The molecule has 0 bridgehead atoms. The second-order valence-electron chi connectivity index (χ2n) is 5.24. The van der Waals surface area contributed by atoms with Crippen LogP contribution in [-0.4, -0.2) is 20.7 Å². The number of halogens is 1. The van der Waals surface area contributed by atoms with E-state index in [0.29, 0.717) is 18.3 Å². The summed E-state index contributed by atoms with van der Waals surface area (Å²) in [6.45, 7) is 0.546. The van der Waals surface area contributed by atoms with E-state index in [4.69, 9.17) is 5.73 Å². The van der Waals surface area contributed by atoms with Crippen molar-refractivity contribution in [3.8, 4) is 0 Å². The van der Waals surface area contributed by atoms with E-state index in [1.165, 1.54) is 24.1 Å². The van der Waals surface area contributed by atoms with Crippen LogP contribution >= 0.6 is 24.0 Å². The van der Waals surface area contributed by atoms with Crippen molar-refractivity contribution in [1.29, 1.82) is 0 Å². The van der Waals surface area contributed by atoms with Crippen molar-refractivity contribution in [3.05, 3.63) is 41.3 Å². The lowest BCUT2D eigenvalue weighted by Crippen LogP contribution is -2.23. The predicted molar refractivity (Wildman–Crippen MR) is 98.5 cm³/mol. The molecule has 3 N–H and O–H groups in total. The Balaban J connectivity index is 0.00000176. The molecule has 0 spiro atoms. The lowest BCUT2D eigenvalue weighted by atomic mass is 9.96. The predicted octanol–water partition coefficient (Wildman–Crippen LogP) is 2.24. The molecular formula is C15H21IN6. The number of aliphatic imine (C=N–C) groups is 1. The van der Waals surface area contributed by atoms with Gasteiger partial charge >= 0.3 is 0 Å². The summed E-state index contributed by atoms with van der Waals surface area (Å²) < 4.78 is 1.94. The number of aromatic nitrogens is 3. The zero-order valence-corrected chi connectivity index (χ0v) is 14.9. The van der Waals surface area contributed by atoms with Gasteiger partial charge in [-0.2, -0.15) is 5.10 Å². The standard InChI is InChI=1S/C15H20N6.HI/c1-21-13(11-6-2-3-7-12(11)20-21)10-18-15(16)19-14-8-4-5-9-17-14;/h4-5,8-9H,2-3,6-7,10H2,1H3,(H3,16,17,18,19);1H. The first-order valence-electron chi connectivity index (χ1n) is 7.25. The van der Waals surface area contributed by atoms with Crippen LogP contribution in [0.3, 0.4) is 0 Å². The van der Waals surface area contributed by atoms with Crippen LogP contribution in [-0.2, 0) is 26.4 Å². The molecule has 1 aliphatic carbocycles. The minimum atomic E-state index is 0. The smallest absolute Gasteiger partial charge is 0.194 e. The van der Waals surface area contributed by atoms with Gasteiger partial charge < -0.3 is 11.1 Å². The SMILES string of the molecule is Cn1nc2c(c1CN=C(N)Nc1ccccn1)CCCC2.I. The van der Waals surface area contributed by atoms with Gasteiger partial charge in [0, 0.05) is 13.2 Å². The first kappa shape index (κ1) is 16.7. The van der Waals surface area contributed by atoms with Crippen LogP contribution in [0.25, 0.3) is 0 Å². The number of anilines is 1. The summed E-state index contributed by atoms with van der Waals surface area (Å²) in [5.41, 5.74) is 9.67. The number of fused-ring (bicyclic) bond motifs is 1. The van der Waals surface area contributed by atoms with Crippen molar-refractivity contribution >= 4 is 35.8 Å². The molecule has 0 amide bonds. The highest BCUT2D eigenvalue weighted by Crippen LogP contribution is 2.24. The van der Waals surface area contributed by atoms with Gasteiger partial charge in [0.15, 0.2) is 5.96 Å². The monoisotopic (exact) mass is 412 g/mol. The van der Waals surface area contributed by atoms with Crippen LogP contribution in [0.2, 0.25) is 0 Å². The van der Waals surface area contributed by atoms with Crippen molar-refractivity contribution in [1.82, 2.24) is 14.8 Å². The highest BCUT2D eigenvalue weighted by Gasteiger charge is 2.18. The molecule has 7 heteroatoms. The molecular weight excluding hydrogens is 391 g/mol. The molecule has 6 nitrogen and oxygen atoms in total. The first-order valence-corrected chi connectivity index (χ1v) is 7.25. The Labute approximate surface area is 147 Å². The summed E-state index contributed by atoms with van der Waals surface area (Å²) in [5.74, 6) is 1.07. The molecule has 0 fully saturated rings. The third-order valence-electron chi connectivity index (χ3n) is 3.77. The maximum atomic E-state index is 5.92. The van der Waals surface area contributed by atoms with Crippen LogP contribution < -0.4 is 11.1 Å². The average Bonchev–Trinajstić information content (AvgIpc) is 2.81. The van der Waals surface area contributed by atoms with Crippen molar-refractivity contribution in [2.45, 2.75) is 32.2 Å². The molecule has 0 saturated carbocycles. The molecule has 118 valence electrons. The third-order valence-corrected chi connectivity index (χ3v) is 3.77. The van der Waals surface area contributed by atoms with E-state index >= 15 is 0 Å². The van der Waals surface area contributed by atoms with Gasteiger partial charge in [0.25, 0.3) is 0 Å². The number of pyridine rings is 1. The highest BCUT2D eigenvalue weighted by atomic mass is 127. The largest absolute Gasteiger partial charge is 0.370 e. The van der Waals surface area contributed by atoms with Gasteiger partial charge in [-0.25, -0.2) is 9.98 Å². The van der Waals surface area contributed by atoms with Crippen molar-refractivity contribution in [2.24, 2.45) is 17.8 Å². The van der Waals surface area contributed by atoms with Crippen LogP contribution in [0, 0.1) is 0 Å². The summed E-state index contributed by atoms with van der Waals surface area (Å²) in [5, 5.41) is 7.58. The number of aryl methyl sites for hydroxylation is 2. The lowest BCUT2D eigenvalue weighted by Gasteiger charge is -2.10. The Kier molecular flexibility index (Phi) is 5.76. The van der Waals surface area contributed by atoms with E-state index in [0.717, 1.165) is 18.5 Å². The Morgan fingerprint density at radius 2 is 2.18 bits per heavy atom. The number of nitrogens with one attached hydrogen (secondary N) is 1. The molecule has 0 aromatic carbocycles. The fourth-order valence-electron chi connectivity index (χ4n) is 2.71. The summed E-state index contributed by atoms with van der Waals surface area (Å²) in [4.78, 5) is 8.58. The van der Waals surface area contributed by atoms with Gasteiger partial charge in [-0.1, -0.05) is 6.07 Å². The van der Waals surface area contributed by atoms with Crippen LogP contribution in [0.15, 0.2) is 29.4 Å². The van der Waals surface area contributed by atoms with Crippen molar-refractivity contribution < 1.29 is 0 Å². The number of nitrogens with two attached hydrogens (primary N) is 1. The minimum absolute atomic E-state index is 0. The molecule has 1 aliphatic rings. The molecule has 0 saturated heterocycles. The number of hydrogen-bond acceptors (Lipinski definition) is 3. The maximum absolute atomic E-state index is 5.92. The van der Waals surface area contributed by atoms with Gasteiger partial charge in [0.05, 0.1) is 17.9 Å². The Hall–Kier alpha value is -1.64. The molecule has 0 radical (unpaired) electrons. The Bertz CT molecular complexity index is 650. The van der Waals surface area contributed by atoms with Crippen LogP contribution in [0.4, 0.5) is 5.82 Å². The van der Waals surface area contributed by atoms with Crippen LogP contribution in [0.1, 0.15) is 29.8 Å². The normalized spacial score (nSPS) is 14.1. The maximum Gasteiger partial charge on any atom is 0.194 e. The number of hydrogen-bond donors (Lipinski definition) is 2. The zero-order chi connectivity index (χ0) is 14.7. The van der Waals surface area contributed by atoms with Gasteiger partial charge in [-0.15, -0.1) is 24.0 Å². The van der Waals surface area contributed by atoms with Gasteiger partial charge in [0.2, 0.25) is 0 Å². The molecule has 3 rings (SSSR count).